The lowest BCUT2D eigenvalue weighted by Gasteiger charge is -2.24. The van der Waals surface area contributed by atoms with Crippen LogP contribution in [0.1, 0.15) is 19.8 Å². The number of hydrogen-bond acceptors (Lipinski definition) is 4. The second-order valence-corrected chi connectivity index (χ2v) is 7.24. The Morgan fingerprint density at radius 2 is 1.94 bits per heavy atom. The van der Waals surface area contributed by atoms with Crippen molar-refractivity contribution in [3.8, 4) is 0 Å². The van der Waals surface area contributed by atoms with Crippen molar-refractivity contribution >= 4 is 10.0 Å². The first-order chi connectivity index (χ1) is 7.98. The van der Waals surface area contributed by atoms with Crippen molar-refractivity contribution in [1.82, 2.24) is 14.5 Å². The number of sulfonamides is 1. The number of likely N-dealkylation sites (tertiary alicyclic amines) is 1. The van der Waals surface area contributed by atoms with Crippen LogP contribution in [0.25, 0.3) is 0 Å². The second kappa shape index (κ2) is 6.68. The largest absolute Gasteiger partial charge is 0.318 e. The average molecular weight is 263 g/mol. The maximum absolute atomic E-state index is 12.1. The Morgan fingerprint density at radius 1 is 1.35 bits per heavy atom. The van der Waals surface area contributed by atoms with Gasteiger partial charge in [0.15, 0.2) is 0 Å². The minimum absolute atomic E-state index is 0.365. The quantitative estimate of drug-likeness (QED) is 0.700. The first-order valence-corrected chi connectivity index (χ1v) is 7.81. The molecule has 0 aromatic heterocycles. The van der Waals surface area contributed by atoms with Crippen LogP contribution in [-0.4, -0.2) is 69.7 Å². The van der Waals surface area contributed by atoms with Crippen molar-refractivity contribution in [3.63, 3.8) is 0 Å². The van der Waals surface area contributed by atoms with Gasteiger partial charge in [-0.1, -0.05) is 0 Å². The summed E-state index contributed by atoms with van der Waals surface area (Å²) >= 11 is 0. The van der Waals surface area contributed by atoms with Crippen molar-refractivity contribution in [2.75, 3.05) is 46.8 Å². The Hall–Kier alpha value is -0.170. The molecule has 0 radical (unpaired) electrons. The molecule has 1 fully saturated rings. The predicted octanol–water partition coefficient (Wildman–Crippen LogP) is -0.0483. The zero-order valence-electron chi connectivity index (χ0n) is 11.1. The number of nitrogens with zero attached hydrogens (tertiary/aromatic N) is 2. The molecular weight excluding hydrogens is 238 g/mol. The van der Waals surface area contributed by atoms with Gasteiger partial charge in [0, 0.05) is 26.7 Å². The summed E-state index contributed by atoms with van der Waals surface area (Å²) in [7, 11) is 0.304. The van der Waals surface area contributed by atoms with Gasteiger partial charge < -0.3 is 10.2 Å². The molecule has 1 rings (SSSR count). The summed E-state index contributed by atoms with van der Waals surface area (Å²) in [5.41, 5.74) is 0. The fourth-order valence-corrected chi connectivity index (χ4v) is 3.44. The summed E-state index contributed by atoms with van der Waals surface area (Å²) in [6.07, 6.45) is 2.49. The van der Waals surface area contributed by atoms with E-state index in [9.17, 15) is 8.42 Å². The van der Waals surface area contributed by atoms with Crippen LogP contribution < -0.4 is 5.32 Å². The van der Waals surface area contributed by atoms with Gasteiger partial charge in [-0.05, 0) is 39.9 Å². The van der Waals surface area contributed by atoms with E-state index in [2.05, 4.69) is 10.2 Å². The van der Waals surface area contributed by atoms with Crippen LogP contribution in [-0.2, 0) is 10.0 Å². The van der Waals surface area contributed by atoms with E-state index >= 15 is 0 Å². The molecule has 1 saturated heterocycles. The van der Waals surface area contributed by atoms with Gasteiger partial charge in [0.05, 0.1) is 5.25 Å². The molecule has 1 N–H and O–H groups in total. The molecule has 0 aromatic carbocycles. The molecule has 1 aliphatic heterocycles. The van der Waals surface area contributed by atoms with E-state index in [1.807, 2.05) is 0 Å². The summed E-state index contributed by atoms with van der Waals surface area (Å²) in [5, 5.41) is 2.54. The average Bonchev–Trinajstić information content (AvgIpc) is 2.78. The molecule has 0 amide bonds. The minimum atomic E-state index is -3.15. The molecule has 0 aromatic rings. The summed E-state index contributed by atoms with van der Waals surface area (Å²) in [6.45, 7) is 5.91. The molecule has 1 heterocycles. The van der Waals surface area contributed by atoms with Gasteiger partial charge in [-0.25, -0.2) is 12.7 Å². The van der Waals surface area contributed by atoms with Crippen LogP contribution in [0.5, 0.6) is 0 Å². The van der Waals surface area contributed by atoms with E-state index < -0.39 is 10.0 Å². The van der Waals surface area contributed by atoms with Gasteiger partial charge in [-0.15, -0.1) is 0 Å². The van der Waals surface area contributed by atoms with Crippen molar-refractivity contribution in [1.29, 1.82) is 0 Å². The lowest BCUT2D eigenvalue weighted by molar-refractivity contribution is 0.309. The Kier molecular flexibility index (Phi) is 5.85. The summed E-state index contributed by atoms with van der Waals surface area (Å²) in [6, 6.07) is 0. The summed E-state index contributed by atoms with van der Waals surface area (Å²) in [4.78, 5) is 2.33. The van der Waals surface area contributed by atoms with Crippen LogP contribution in [0.3, 0.4) is 0 Å². The zero-order valence-corrected chi connectivity index (χ0v) is 12.0. The lowest BCUT2D eigenvalue weighted by atomic mass is 10.4. The lowest BCUT2D eigenvalue weighted by Crippen LogP contribution is -2.42. The number of likely N-dealkylation sites (N-methyl/N-ethyl adjacent to an activating group) is 1. The van der Waals surface area contributed by atoms with E-state index in [1.54, 1.807) is 21.0 Å². The fraction of sp³-hybridized carbons (Fsp3) is 1.00. The molecule has 102 valence electrons. The minimum Gasteiger partial charge on any atom is -0.318 e. The number of nitrogens with one attached hydrogen (secondary N) is 1. The van der Waals surface area contributed by atoms with E-state index in [0.29, 0.717) is 13.1 Å². The Balaban J connectivity index is 2.41. The van der Waals surface area contributed by atoms with Crippen LogP contribution >= 0.6 is 0 Å². The molecule has 17 heavy (non-hydrogen) atoms. The standard InChI is InChI=1S/C11H25N3O2S/c1-11(10-12-2)17(15,16)13(3)8-9-14-6-4-5-7-14/h11-12H,4-10H2,1-3H3. The maximum Gasteiger partial charge on any atom is 0.217 e. The van der Waals surface area contributed by atoms with Gasteiger partial charge in [-0.2, -0.15) is 0 Å². The Bertz CT molecular complexity index is 313. The van der Waals surface area contributed by atoms with E-state index in [0.717, 1.165) is 19.6 Å². The van der Waals surface area contributed by atoms with E-state index in [1.165, 1.54) is 17.1 Å². The molecule has 0 bridgehead atoms. The normalized spacial score (nSPS) is 20.0. The number of rotatable bonds is 7. The summed E-state index contributed by atoms with van der Waals surface area (Å²) in [5.74, 6) is 0. The predicted molar refractivity (Wildman–Crippen MR) is 70.6 cm³/mol. The first kappa shape index (κ1) is 14.9. The highest BCUT2D eigenvalue weighted by atomic mass is 32.2. The zero-order chi connectivity index (χ0) is 12.9. The van der Waals surface area contributed by atoms with Gasteiger partial charge in [0.1, 0.15) is 0 Å². The third-order valence-electron chi connectivity index (χ3n) is 3.36. The molecule has 0 saturated carbocycles. The monoisotopic (exact) mass is 263 g/mol. The first-order valence-electron chi connectivity index (χ1n) is 6.30. The van der Waals surface area contributed by atoms with Crippen molar-refractivity contribution < 1.29 is 8.42 Å². The van der Waals surface area contributed by atoms with E-state index in [-0.39, 0.29) is 5.25 Å². The number of hydrogen-bond donors (Lipinski definition) is 1. The maximum atomic E-state index is 12.1. The molecule has 0 spiro atoms. The van der Waals surface area contributed by atoms with Crippen LogP contribution in [0.2, 0.25) is 0 Å². The summed E-state index contributed by atoms with van der Waals surface area (Å²) < 4.78 is 25.7. The smallest absolute Gasteiger partial charge is 0.217 e. The molecule has 1 atom stereocenters. The molecule has 6 heteroatoms. The van der Waals surface area contributed by atoms with Gasteiger partial charge >= 0.3 is 0 Å². The van der Waals surface area contributed by atoms with Crippen LogP contribution in [0, 0.1) is 0 Å². The highest BCUT2D eigenvalue weighted by Gasteiger charge is 2.25. The fourth-order valence-electron chi connectivity index (χ4n) is 2.12. The van der Waals surface area contributed by atoms with Crippen LogP contribution in [0.4, 0.5) is 0 Å². The molecule has 0 aliphatic carbocycles. The van der Waals surface area contributed by atoms with Crippen LogP contribution in [0.15, 0.2) is 0 Å². The molecule has 5 nitrogen and oxygen atoms in total. The van der Waals surface area contributed by atoms with Gasteiger partial charge in [-0.3, -0.25) is 0 Å². The molecule has 1 aliphatic rings. The highest BCUT2D eigenvalue weighted by Crippen LogP contribution is 2.09. The Labute approximate surface area is 105 Å². The molecular formula is C11H25N3O2S. The van der Waals surface area contributed by atoms with Crippen molar-refractivity contribution in [2.45, 2.75) is 25.0 Å². The third kappa shape index (κ3) is 4.21. The Morgan fingerprint density at radius 3 is 2.47 bits per heavy atom. The molecule has 1 unspecified atom stereocenters. The van der Waals surface area contributed by atoms with Crippen molar-refractivity contribution in [3.05, 3.63) is 0 Å². The SMILES string of the molecule is CNCC(C)S(=O)(=O)N(C)CCN1CCCC1. The third-order valence-corrected chi connectivity index (χ3v) is 5.60. The van der Waals surface area contributed by atoms with E-state index in [4.69, 9.17) is 0 Å². The topological polar surface area (TPSA) is 52.7 Å². The van der Waals surface area contributed by atoms with Gasteiger partial charge in [0.2, 0.25) is 10.0 Å². The highest BCUT2D eigenvalue weighted by molar-refractivity contribution is 7.89. The van der Waals surface area contributed by atoms with Gasteiger partial charge in [0.25, 0.3) is 0 Å². The second-order valence-electron chi connectivity index (χ2n) is 4.78. The van der Waals surface area contributed by atoms with Crippen molar-refractivity contribution in [2.24, 2.45) is 0 Å².